The van der Waals surface area contributed by atoms with Gasteiger partial charge in [0, 0.05) is 19.2 Å². The Balaban J connectivity index is 1.66. The summed E-state index contributed by atoms with van der Waals surface area (Å²) < 4.78 is 44.0. The van der Waals surface area contributed by atoms with Crippen molar-refractivity contribution in [3.05, 3.63) is 53.6 Å². The normalized spacial score (nSPS) is 18.0. The summed E-state index contributed by atoms with van der Waals surface area (Å²) in [6.45, 7) is 3.19. The van der Waals surface area contributed by atoms with Gasteiger partial charge in [0.1, 0.15) is 11.5 Å². The van der Waals surface area contributed by atoms with Crippen LogP contribution in [0, 0.1) is 6.92 Å². The van der Waals surface area contributed by atoms with Crippen LogP contribution in [0.5, 0.6) is 11.5 Å². The lowest BCUT2D eigenvalue weighted by Gasteiger charge is -2.32. The van der Waals surface area contributed by atoms with Crippen molar-refractivity contribution in [2.45, 2.75) is 37.4 Å². The number of rotatable bonds is 7. The molecule has 1 saturated heterocycles. The molecule has 0 aromatic heterocycles. The average Bonchev–Trinajstić information content (AvgIpc) is 2.72. The minimum atomic E-state index is -3.50. The van der Waals surface area contributed by atoms with Crippen LogP contribution in [0.3, 0.4) is 0 Å². The molecule has 1 atom stereocenters. The number of aryl methyl sites for hydroxylation is 1. The highest BCUT2D eigenvalue weighted by molar-refractivity contribution is 7.89. The highest BCUT2D eigenvalue weighted by Crippen LogP contribution is 2.26. The second kappa shape index (κ2) is 8.94. The third-order valence-corrected chi connectivity index (χ3v) is 6.78. The summed E-state index contributed by atoms with van der Waals surface area (Å²) in [4.78, 5) is 0.330. The van der Waals surface area contributed by atoms with Crippen molar-refractivity contribution >= 4 is 10.0 Å². The Bertz CT molecular complexity index is 873. The molecule has 3 rings (SSSR count). The highest BCUT2D eigenvalue weighted by atomic mass is 32.2. The third-order valence-electron chi connectivity index (χ3n) is 4.90. The van der Waals surface area contributed by atoms with Crippen LogP contribution in [0.4, 0.5) is 0 Å². The number of hydrogen-bond donors (Lipinski definition) is 0. The number of piperidine rings is 1. The van der Waals surface area contributed by atoms with Crippen molar-refractivity contribution in [3.63, 3.8) is 0 Å². The molecule has 0 saturated carbocycles. The van der Waals surface area contributed by atoms with E-state index in [1.165, 1.54) is 4.31 Å². The smallest absolute Gasteiger partial charge is 0.243 e. The molecule has 0 aliphatic carbocycles. The van der Waals surface area contributed by atoms with E-state index in [-0.39, 0.29) is 6.10 Å². The molecule has 2 aromatic carbocycles. The number of ether oxygens (including phenoxy) is 3. The van der Waals surface area contributed by atoms with Gasteiger partial charge in [-0.2, -0.15) is 4.31 Å². The van der Waals surface area contributed by atoms with Crippen LogP contribution in [0.25, 0.3) is 0 Å². The van der Waals surface area contributed by atoms with E-state index in [0.29, 0.717) is 36.1 Å². The molecule has 2 aromatic rings. The number of hydrogen-bond acceptors (Lipinski definition) is 5. The average molecular weight is 406 g/mol. The van der Waals surface area contributed by atoms with Gasteiger partial charge in [0.15, 0.2) is 0 Å². The van der Waals surface area contributed by atoms with Gasteiger partial charge in [0.2, 0.25) is 10.0 Å². The molecular weight excluding hydrogens is 378 g/mol. The first-order valence-corrected chi connectivity index (χ1v) is 10.8. The first kappa shape index (κ1) is 20.6. The van der Waals surface area contributed by atoms with Gasteiger partial charge >= 0.3 is 0 Å². The maximum Gasteiger partial charge on any atom is 0.243 e. The third kappa shape index (κ3) is 4.84. The number of nitrogens with zero attached hydrogens (tertiary/aromatic N) is 1. The molecular formula is C21H27NO5S. The summed E-state index contributed by atoms with van der Waals surface area (Å²) >= 11 is 0. The maximum absolute atomic E-state index is 12.9. The lowest BCUT2D eigenvalue weighted by Crippen LogP contribution is -2.43. The first-order valence-electron chi connectivity index (χ1n) is 9.33. The van der Waals surface area contributed by atoms with Crippen molar-refractivity contribution in [2.75, 3.05) is 27.3 Å². The fraction of sp³-hybridized carbons (Fsp3) is 0.429. The Labute approximate surface area is 167 Å². The molecule has 7 heteroatoms. The SMILES string of the molecule is COc1cc(COC2CCCN(S(=O)(=O)c3ccc(C)cc3)C2)cc(OC)c1. The van der Waals surface area contributed by atoms with Crippen molar-refractivity contribution in [2.24, 2.45) is 0 Å². The molecule has 1 heterocycles. The van der Waals surface area contributed by atoms with E-state index >= 15 is 0 Å². The Kier molecular flexibility index (Phi) is 6.59. The minimum Gasteiger partial charge on any atom is -0.497 e. The first-order chi connectivity index (χ1) is 13.4. The molecule has 6 nitrogen and oxygen atoms in total. The lowest BCUT2D eigenvalue weighted by atomic mass is 10.1. The lowest BCUT2D eigenvalue weighted by molar-refractivity contribution is 0.00799. The molecule has 1 unspecified atom stereocenters. The second-order valence-corrected chi connectivity index (χ2v) is 8.91. The van der Waals surface area contributed by atoms with Crippen LogP contribution >= 0.6 is 0 Å². The molecule has 28 heavy (non-hydrogen) atoms. The Morgan fingerprint density at radius 1 is 1.04 bits per heavy atom. The molecule has 0 amide bonds. The summed E-state index contributed by atoms with van der Waals surface area (Å²) in [5.74, 6) is 1.40. The van der Waals surface area contributed by atoms with Crippen molar-refractivity contribution < 1.29 is 22.6 Å². The van der Waals surface area contributed by atoms with Crippen LogP contribution in [-0.4, -0.2) is 46.1 Å². The monoisotopic (exact) mass is 405 g/mol. The Morgan fingerprint density at radius 3 is 2.29 bits per heavy atom. The fourth-order valence-electron chi connectivity index (χ4n) is 3.28. The molecule has 0 spiro atoms. The van der Waals surface area contributed by atoms with Crippen molar-refractivity contribution in [3.8, 4) is 11.5 Å². The zero-order valence-electron chi connectivity index (χ0n) is 16.6. The predicted molar refractivity (Wildman–Crippen MR) is 107 cm³/mol. The topological polar surface area (TPSA) is 65.1 Å². The van der Waals surface area contributed by atoms with Gasteiger partial charge in [-0.25, -0.2) is 8.42 Å². The van der Waals surface area contributed by atoms with E-state index in [0.717, 1.165) is 24.0 Å². The molecule has 0 radical (unpaired) electrons. The zero-order chi connectivity index (χ0) is 20.1. The zero-order valence-corrected chi connectivity index (χ0v) is 17.4. The van der Waals surface area contributed by atoms with E-state index in [1.807, 2.05) is 31.2 Å². The van der Waals surface area contributed by atoms with Gasteiger partial charge in [-0.15, -0.1) is 0 Å². The van der Waals surface area contributed by atoms with Gasteiger partial charge in [-0.3, -0.25) is 0 Å². The molecule has 0 bridgehead atoms. The summed E-state index contributed by atoms with van der Waals surface area (Å²) in [7, 11) is -0.292. The van der Waals surface area contributed by atoms with Crippen molar-refractivity contribution in [1.82, 2.24) is 4.31 Å². The van der Waals surface area contributed by atoms with Gasteiger partial charge < -0.3 is 14.2 Å². The second-order valence-electron chi connectivity index (χ2n) is 6.97. The van der Waals surface area contributed by atoms with Crippen LogP contribution in [-0.2, 0) is 21.4 Å². The van der Waals surface area contributed by atoms with Crippen LogP contribution < -0.4 is 9.47 Å². The van der Waals surface area contributed by atoms with E-state index in [9.17, 15) is 8.42 Å². The largest absolute Gasteiger partial charge is 0.497 e. The van der Waals surface area contributed by atoms with Gasteiger partial charge in [-0.1, -0.05) is 17.7 Å². The van der Waals surface area contributed by atoms with Crippen LogP contribution in [0.1, 0.15) is 24.0 Å². The maximum atomic E-state index is 12.9. The van der Waals surface area contributed by atoms with E-state index in [4.69, 9.17) is 14.2 Å². The summed E-state index contributed by atoms with van der Waals surface area (Å²) in [5, 5.41) is 0. The molecule has 0 N–H and O–H groups in total. The van der Waals surface area contributed by atoms with Crippen molar-refractivity contribution in [1.29, 1.82) is 0 Å². The van der Waals surface area contributed by atoms with Gasteiger partial charge in [0.25, 0.3) is 0 Å². The summed E-state index contributed by atoms with van der Waals surface area (Å²) in [6.07, 6.45) is 1.46. The fourth-order valence-corrected chi connectivity index (χ4v) is 4.79. The summed E-state index contributed by atoms with van der Waals surface area (Å²) in [5.41, 5.74) is 1.96. The molecule has 152 valence electrons. The van der Waals surface area contributed by atoms with Crippen LogP contribution in [0.2, 0.25) is 0 Å². The van der Waals surface area contributed by atoms with Gasteiger partial charge in [0.05, 0.1) is 31.8 Å². The number of sulfonamides is 1. The van der Waals surface area contributed by atoms with E-state index in [1.54, 1.807) is 32.4 Å². The minimum absolute atomic E-state index is 0.147. The standard InChI is InChI=1S/C21H27NO5S/c1-16-6-8-21(9-7-16)28(23,24)22-10-4-5-18(14-22)27-15-17-11-19(25-2)13-20(12-17)26-3/h6-9,11-13,18H,4-5,10,14-15H2,1-3H3. The van der Waals surface area contributed by atoms with Crippen LogP contribution in [0.15, 0.2) is 47.4 Å². The number of benzene rings is 2. The Morgan fingerprint density at radius 2 is 1.68 bits per heavy atom. The highest BCUT2D eigenvalue weighted by Gasteiger charge is 2.30. The predicted octanol–water partition coefficient (Wildman–Crippen LogP) is 3.38. The van der Waals surface area contributed by atoms with Gasteiger partial charge in [-0.05, 0) is 49.6 Å². The molecule has 1 aliphatic rings. The van der Waals surface area contributed by atoms with E-state index < -0.39 is 10.0 Å². The van der Waals surface area contributed by atoms with E-state index in [2.05, 4.69) is 0 Å². The molecule has 1 aliphatic heterocycles. The quantitative estimate of drug-likeness (QED) is 0.707. The summed E-state index contributed by atoms with van der Waals surface area (Å²) in [6, 6.07) is 12.6. The Hall–Kier alpha value is -2.09. The number of methoxy groups -OCH3 is 2. The molecule has 1 fully saturated rings.